The second kappa shape index (κ2) is 6.64. The van der Waals surface area contributed by atoms with Crippen LogP contribution in [0.3, 0.4) is 0 Å². The second-order valence-corrected chi connectivity index (χ2v) is 9.83. The van der Waals surface area contributed by atoms with Crippen LogP contribution in [0.15, 0.2) is 48.7 Å². The molecule has 0 bridgehead atoms. The molecule has 7 heteroatoms. The lowest BCUT2D eigenvalue weighted by Crippen LogP contribution is -2.68. The highest BCUT2D eigenvalue weighted by atomic mass is 32.2. The van der Waals surface area contributed by atoms with E-state index in [0.717, 1.165) is 5.56 Å². The van der Waals surface area contributed by atoms with E-state index in [1.165, 1.54) is 0 Å². The van der Waals surface area contributed by atoms with Crippen molar-refractivity contribution in [3.8, 4) is 5.88 Å². The quantitative estimate of drug-likeness (QED) is 0.804. The van der Waals surface area contributed by atoms with Crippen molar-refractivity contribution in [3.05, 3.63) is 59.8 Å². The Labute approximate surface area is 159 Å². The number of likely N-dealkylation sites (tertiary alicyclic amines) is 1. The van der Waals surface area contributed by atoms with Gasteiger partial charge < -0.3 is 9.64 Å². The molecular weight excluding hydrogens is 364 g/mol. The maximum Gasteiger partial charge on any atom is 0.253 e. The van der Waals surface area contributed by atoms with Crippen LogP contribution in [-0.4, -0.2) is 54.4 Å². The SMILES string of the molecule is Cc1cccc(C(=O)N2CC3(C2)[C@H](COc2ccccn2)CCS3(=O)=O)c1. The van der Waals surface area contributed by atoms with Gasteiger partial charge in [0.1, 0.15) is 4.75 Å². The first-order chi connectivity index (χ1) is 12.9. The molecule has 1 aromatic carbocycles. The van der Waals surface area contributed by atoms with Gasteiger partial charge in [-0.25, -0.2) is 13.4 Å². The van der Waals surface area contributed by atoms with Gasteiger partial charge in [0.15, 0.2) is 9.84 Å². The van der Waals surface area contributed by atoms with Gasteiger partial charge in [0.25, 0.3) is 5.91 Å². The predicted molar refractivity (Wildman–Crippen MR) is 101 cm³/mol. The molecule has 1 aromatic heterocycles. The van der Waals surface area contributed by atoms with Crippen molar-refractivity contribution in [2.45, 2.75) is 18.1 Å². The highest BCUT2D eigenvalue weighted by Crippen LogP contribution is 2.45. The highest BCUT2D eigenvalue weighted by molar-refractivity contribution is 7.93. The second-order valence-electron chi connectivity index (χ2n) is 7.38. The van der Waals surface area contributed by atoms with Crippen LogP contribution >= 0.6 is 0 Å². The number of pyridine rings is 1. The first kappa shape index (κ1) is 18.0. The largest absolute Gasteiger partial charge is 0.477 e. The van der Waals surface area contributed by atoms with E-state index in [2.05, 4.69) is 4.98 Å². The van der Waals surface area contributed by atoms with Crippen LogP contribution in [0.2, 0.25) is 0 Å². The molecule has 2 fully saturated rings. The van der Waals surface area contributed by atoms with Gasteiger partial charge in [-0.05, 0) is 31.5 Å². The van der Waals surface area contributed by atoms with Crippen molar-refractivity contribution in [2.75, 3.05) is 25.4 Å². The molecule has 1 amide bonds. The third-order valence-corrected chi connectivity index (χ3v) is 8.24. The fourth-order valence-corrected chi connectivity index (χ4v) is 6.43. The molecule has 0 saturated carbocycles. The average molecular weight is 386 g/mol. The molecule has 1 atom stereocenters. The molecule has 0 radical (unpaired) electrons. The predicted octanol–water partition coefficient (Wildman–Crippen LogP) is 2.10. The summed E-state index contributed by atoms with van der Waals surface area (Å²) < 4.78 is 30.3. The van der Waals surface area contributed by atoms with Crippen LogP contribution in [-0.2, 0) is 9.84 Å². The third-order valence-electron chi connectivity index (χ3n) is 5.64. The molecule has 27 heavy (non-hydrogen) atoms. The summed E-state index contributed by atoms with van der Waals surface area (Å²) in [5, 5.41) is 0. The molecule has 3 heterocycles. The number of sulfone groups is 1. The minimum Gasteiger partial charge on any atom is -0.477 e. The van der Waals surface area contributed by atoms with E-state index in [1.54, 1.807) is 29.3 Å². The molecule has 0 N–H and O–H groups in total. The van der Waals surface area contributed by atoms with Gasteiger partial charge in [-0.1, -0.05) is 23.8 Å². The first-order valence-electron chi connectivity index (χ1n) is 9.03. The zero-order valence-electron chi connectivity index (χ0n) is 15.2. The summed E-state index contributed by atoms with van der Waals surface area (Å²) in [7, 11) is -3.25. The number of benzene rings is 1. The Hall–Kier alpha value is -2.41. The number of aromatic nitrogens is 1. The monoisotopic (exact) mass is 386 g/mol. The zero-order chi connectivity index (χ0) is 19.1. The molecule has 4 rings (SSSR count). The number of amides is 1. The molecule has 0 unspecified atom stereocenters. The Morgan fingerprint density at radius 1 is 1.26 bits per heavy atom. The minimum atomic E-state index is -3.25. The van der Waals surface area contributed by atoms with E-state index in [4.69, 9.17) is 4.74 Å². The normalized spacial score (nSPS) is 22.4. The summed E-state index contributed by atoms with van der Waals surface area (Å²) in [6.45, 7) is 2.69. The Balaban J connectivity index is 1.48. The number of carbonyl (C=O) groups excluding carboxylic acids is 1. The van der Waals surface area contributed by atoms with Gasteiger partial charge in [0.05, 0.1) is 12.4 Å². The summed E-state index contributed by atoms with van der Waals surface area (Å²) >= 11 is 0. The van der Waals surface area contributed by atoms with Crippen LogP contribution in [0.25, 0.3) is 0 Å². The number of nitrogens with zero attached hydrogens (tertiary/aromatic N) is 2. The maximum absolute atomic E-state index is 12.7. The summed E-state index contributed by atoms with van der Waals surface area (Å²) in [5.41, 5.74) is 1.60. The number of ether oxygens (including phenoxy) is 1. The molecule has 2 saturated heterocycles. The maximum atomic E-state index is 12.7. The number of hydrogen-bond acceptors (Lipinski definition) is 5. The lowest BCUT2D eigenvalue weighted by Gasteiger charge is -2.49. The van der Waals surface area contributed by atoms with Gasteiger partial charge in [0, 0.05) is 36.8 Å². The number of rotatable bonds is 4. The average Bonchev–Trinajstić information content (AvgIpc) is 2.89. The minimum absolute atomic E-state index is 0.115. The van der Waals surface area contributed by atoms with Crippen LogP contribution < -0.4 is 4.74 Å². The summed E-state index contributed by atoms with van der Waals surface area (Å²) in [4.78, 5) is 18.5. The van der Waals surface area contributed by atoms with Crippen molar-refractivity contribution in [1.82, 2.24) is 9.88 Å². The third kappa shape index (κ3) is 3.10. The van der Waals surface area contributed by atoms with E-state index in [-0.39, 0.29) is 30.7 Å². The standard InChI is InChI=1S/C20H22N2O4S/c1-15-5-4-6-16(11-15)19(23)22-13-20(14-22)17(8-10-27(20,24)25)12-26-18-7-2-3-9-21-18/h2-7,9,11,17H,8,10,12-14H2,1H3/t17-/m0/s1. The molecule has 0 aliphatic carbocycles. The summed E-state index contributed by atoms with van der Waals surface area (Å²) in [6.07, 6.45) is 2.20. The number of aryl methyl sites for hydroxylation is 1. The van der Waals surface area contributed by atoms with Gasteiger partial charge in [0.2, 0.25) is 5.88 Å². The van der Waals surface area contributed by atoms with Crippen LogP contribution in [0.1, 0.15) is 22.3 Å². The van der Waals surface area contributed by atoms with Crippen LogP contribution in [0.4, 0.5) is 0 Å². The van der Waals surface area contributed by atoms with E-state index >= 15 is 0 Å². The first-order valence-corrected chi connectivity index (χ1v) is 10.7. The number of hydrogen-bond donors (Lipinski definition) is 0. The van der Waals surface area contributed by atoms with Crippen molar-refractivity contribution in [1.29, 1.82) is 0 Å². The van der Waals surface area contributed by atoms with Gasteiger partial charge in [-0.3, -0.25) is 4.79 Å². The molecule has 6 nitrogen and oxygen atoms in total. The highest BCUT2D eigenvalue weighted by Gasteiger charge is 2.62. The summed E-state index contributed by atoms with van der Waals surface area (Å²) in [6, 6.07) is 12.8. The van der Waals surface area contributed by atoms with E-state index in [1.807, 2.05) is 31.2 Å². The molecule has 2 aromatic rings. The molecule has 2 aliphatic heterocycles. The molecule has 1 spiro atoms. The molecular formula is C20H22N2O4S. The van der Waals surface area contributed by atoms with Crippen molar-refractivity contribution in [3.63, 3.8) is 0 Å². The van der Waals surface area contributed by atoms with E-state index in [0.29, 0.717) is 24.5 Å². The van der Waals surface area contributed by atoms with Gasteiger partial charge >= 0.3 is 0 Å². The zero-order valence-corrected chi connectivity index (χ0v) is 16.0. The van der Waals surface area contributed by atoms with Gasteiger partial charge in [-0.2, -0.15) is 0 Å². The van der Waals surface area contributed by atoms with Crippen molar-refractivity contribution >= 4 is 15.7 Å². The van der Waals surface area contributed by atoms with E-state index in [9.17, 15) is 13.2 Å². The Kier molecular flexibility index (Phi) is 4.42. The fourth-order valence-electron chi connectivity index (χ4n) is 4.03. The smallest absolute Gasteiger partial charge is 0.253 e. The van der Waals surface area contributed by atoms with Crippen molar-refractivity contribution in [2.24, 2.45) is 5.92 Å². The Morgan fingerprint density at radius 3 is 2.78 bits per heavy atom. The lowest BCUT2D eigenvalue weighted by molar-refractivity contribution is 0.0407. The number of carbonyl (C=O) groups is 1. The van der Waals surface area contributed by atoms with Gasteiger partial charge in [-0.15, -0.1) is 0 Å². The van der Waals surface area contributed by atoms with Crippen LogP contribution in [0, 0.1) is 12.8 Å². The Bertz CT molecular complexity index is 953. The fraction of sp³-hybridized carbons (Fsp3) is 0.400. The van der Waals surface area contributed by atoms with Crippen molar-refractivity contribution < 1.29 is 17.9 Å². The molecule has 2 aliphatic rings. The molecule has 142 valence electrons. The Morgan fingerprint density at radius 2 is 2.07 bits per heavy atom. The van der Waals surface area contributed by atoms with Crippen LogP contribution in [0.5, 0.6) is 5.88 Å². The van der Waals surface area contributed by atoms with E-state index < -0.39 is 14.6 Å². The lowest BCUT2D eigenvalue weighted by atomic mass is 9.83. The summed E-state index contributed by atoms with van der Waals surface area (Å²) in [5.74, 6) is 0.390. The topological polar surface area (TPSA) is 76.6 Å².